The molecular formula is C16H13NO3S. The largest absolute Gasteiger partial charge is 0.461 e. The Kier molecular flexibility index (Phi) is 3.83. The Morgan fingerprint density at radius 2 is 2.00 bits per heavy atom. The van der Waals surface area contributed by atoms with Crippen LogP contribution in [-0.4, -0.2) is 17.7 Å². The zero-order chi connectivity index (χ0) is 14.7. The van der Waals surface area contributed by atoms with Crippen molar-refractivity contribution >= 4 is 17.3 Å². The first-order valence-electron chi connectivity index (χ1n) is 6.56. The summed E-state index contributed by atoms with van der Waals surface area (Å²) in [7, 11) is 0. The molecule has 0 bridgehead atoms. The second-order valence-corrected chi connectivity index (χ2v) is 5.30. The highest BCUT2D eigenvalue weighted by molar-refractivity contribution is 7.13. The molecule has 0 fully saturated rings. The van der Waals surface area contributed by atoms with Crippen molar-refractivity contribution in [2.24, 2.45) is 0 Å². The molecule has 0 saturated heterocycles. The quantitative estimate of drug-likeness (QED) is 0.676. The number of hydrogen-bond acceptors (Lipinski definition) is 5. The maximum atomic E-state index is 11.6. The SMILES string of the molecule is CCOC(=O)c1cc(-c2ccc(-c3cccs3)cc2)on1. The van der Waals surface area contributed by atoms with Gasteiger partial charge in [0.1, 0.15) is 0 Å². The van der Waals surface area contributed by atoms with Gasteiger partial charge in [0.05, 0.1) is 6.61 Å². The summed E-state index contributed by atoms with van der Waals surface area (Å²) in [6, 6.07) is 13.6. The molecule has 0 aliphatic carbocycles. The predicted molar refractivity (Wildman–Crippen MR) is 81.2 cm³/mol. The summed E-state index contributed by atoms with van der Waals surface area (Å²) in [5.41, 5.74) is 2.21. The average molecular weight is 299 g/mol. The van der Waals surface area contributed by atoms with Crippen molar-refractivity contribution in [1.82, 2.24) is 5.16 Å². The van der Waals surface area contributed by atoms with Crippen molar-refractivity contribution < 1.29 is 14.1 Å². The molecule has 4 nitrogen and oxygen atoms in total. The Morgan fingerprint density at radius 3 is 2.67 bits per heavy atom. The number of ether oxygens (including phenoxy) is 1. The van der Waals surface area contributed by atoms with E-state index in [9.17, 15) is 4.79 Å². The Morgan fingerprint density at radius 1 is 1.24 bits per heavy atom. The Labute approximate surface area is 126 Å². The predicted octanol–water partition coefficient (Wildman–Crippen LogP) is 4.25. The molecule has 0 saturated carbocycles. The van der Waals surface area contributed by atoms with Crippen LogP contribution < -0.4 is 0 Å². The summed E-state index contributed by atoms with van der Waals surface area (Å²) in [6.07, 6.45) is 0. The normalized spacial score (nSPS) is 10.5. The van der Waals surface area contributed by atoms with E-state index in [0.717, 1.165) is 11.1 Å². The van der Waals surface area contributed by atoms with Crippen molar-refractivity contribution in [3.63, 3.8) is 0 Å². The molecule has 0 N–H and O–H groups in total. The number of esters is 1. The van der Waals surface area contributed by atoms with Crippen LogP contribution >= 0.6 is 11.3 Å². The molecule has 0 aliphatic rings. The first kappa shape index (κ1) is 13.6. The van der Waals surface area contributed by atoms with E-state index in [4.69, 9.17) is 9.26 Å². The van der Waals surface area contributed by atoms with Crippen LogP contribution in [0, 0.1) is 0 Å². The van der Waals surface area contributed by atoms with Gasteiger partial charge >= 0.3 is 5.97 Å². The maximum Gasteiger partial charge on any atom is 0.360 e. The van der Waals surface area contributed by atoms with E-state index < -0.39 is 5.97 Å². The molecule has 0 amide bonds. The molecule has 0 spiro atoms. The van der Waals surface area contributed by atoms with Crippen LogP contribution in [-0.2, 0) is 4.74 Å². The number of nitrogens with zero attached hydrogens (tertiary/aromatic N) is 1. The molecule has 3 aromatic rings. The number of hydrogen-bond donors (Lipinski definition) is 0. The molecule has 0 radical (unpaired) electrons. The fraction of sp³-hybridized carbons (Fsp3) is 0.125. The highest BCUT2D eigenvalue weighted by Crippen LogP contribution is 2.28. The molecule has 21 heavy (non-hydrogen) atoms. The average Bonchev–Trinajstić information content (AvgIpc) is 3.19. The van der Waals surface area contributed by atoms with Gasteiger partial charge in [-0.2, -0.15) is 0 Å². The number of aromatic nitrogens is 1. The topological polar surface area (TPSA) is 52.3 Å². The molecule has 3 rings (SSSR count). The van der Waals surface area contributed by atoms with Crippen LogP contribution in [0.15, 0.2) is 52.4 Å². The van der Waals surface area contributed by atoms with Crippen LogP contribution in [0.2, 0.25) is 0 Å². The molecule has 1 aromatic carbocycles. The van der Waals surface area contributed by atoms with E-state index in [2.05, 4.69) is 11.2 Å². The number of carbonyl (C=O) groups is 1. The van der Waals surface area contributed by atoms with Gasteiger partial charge in [0.15, 0.2) is 11.5 Å². The minimum Gasteiger partial charge on any atom is -0.461 e. The Hall–Kier alpha value is -2.40. The fourth-order valence-corrected chi connectivity index (χ4v) is 2.69. The van der Waals surface area contributed by atoms with Crippen LogP contribution in [0.5, 0.6) is 0 Å². The fourth-order valence-electron chi connectivity index (χ4n) is 1.95. The maximum absolute atomic E-state index is 11.6. The van der Waals surface area contributed by atoms with Crippen molar-refractivity contribution in [3.8, 4) is 21.8 Å². The van der Waals surface area contributed by atoms with Gasteiger partial charge in [-0.1, -0.05) is 35.5 Å². The van der Waals surface area contributed by atoms with E-state index in [1.54, 1.807) is 24.3 Å². The second-order valence-electron chi connectivity index (χ2n) is 4.35. The summed E-state index contributed by atoms with van der Waals surface area (Å²) >= 11 is 1.69. The second kappa shape index (κ2) is 5.93. The standard InChI is InChI=1S/C16H13NO3S/c1-2-19-16(18)13-10-14(20-17-13)11-5-7-12(8-6-11)15-4-3-9-21-15/h3-10H,2H2,1H3. The van der Waals surface area contributed by atoms with Gasteiger partial charge in [-0.15, -0.1) is 11.3 Å². The van der Waals surface area contributed by atoms with Crippen molar-refractivity contribution in [2.45, 2.75) is 6.92 Å². The first-order valence-corrected chi connectivity index (χ1v) is 7.44. The van der Waals surface area contributed by atoms with Gasteiger partial charge in [0.2, 0.25) is 0 Å². The minimum atomic E-state index is -0.470. The summed E-state index contributed by atoms with van der Waals surface area (Å²) in [6.45, 7) is 2.07. The van der Waals surface area contributed by atoms with Crippen molar-refractivity contribution in [2.75, 3.05) is 6.61 Å². The molecular weight excluding hydrogens is 286 g/mol. The van der Waals surface area contributed by atoms with Gasteiger partial charge in [-0.3, -0.25) is 0 Å². The highest BCUT2D eigenvalue weighted by atomic mass is 32.1. The van der Waals surface area contributed by atoms with Gasteiger partial charge in [-0.05, 0) is 23.9 Å². The number of rotatable bonds is 4. The lowest BCUT2D eigenvalue weighted by molar-refractivity contribution is 0.0514. The Bertz CT molecular complexity index is 729. The van der Waals surface area contributed by atoms with E-state index in [1.165, 1.54) is 4.88 Å². The van der Waals surface area contributed by atoms with Crippen LogP contribution in [0.3, 0.4) is 0 Å². The summed E-state index contributed by atoms with van der Waals surface area (Å²) in [4.78, 5) is 12.8. The molecule has 2 heterocycles. The number of benzene rings is 1. The third kappa shape index (κ3) is 2.87. The summed E-state index contributed by atoms with van der Waals surface area (Å²) < 4.78 is 10.1. The van der Waals surface area contributed by atoms with Gasteiger partial charge in [0.25, 0.3) is 0 Å². The lowest BCUT2D eigenvalue weighted by Crippen LogP contribution is -2.04. The smallest absolute Gasteiger partial charge is 0.360 e. The zero-order valence-electron chi connectivity index (χ0n) is 11.4. The third-order valence-corrected chi connectivity index (χ3v) is 3.89. The van der Waals surface area contributed by atoms with E-state index in [0.29, 0.717) is 12.4 Å². The van der Waals surface area contributed by atoms with E-state index >= 15 is 0 Å². The molecule has 0 aliphatic heterocycles. The molecule has 0 atom stereocenters. The van der Waals surface area contributed by atoms with Crippen LogP contribution in [0.1, 0.15) is 17.4 Å². The number of carbonyl (C=O) groups excluding carboxylic acids is 1. The summed E-state index contributed by atoms with van der Waals surface area (Å²) in [5.74, 6) is 0.0819. The van der Waals surface area contributed by atoms with Crippen LogP contribution in [0.25, 0.3) is 21.8 Å². The Balaban J connectivity index is 1.83. The third-order valence-electron chi connectivity index (χ3n) is 2.97. The molecule has 2 aromatic heterocycles. The first-order chi connectivity index (χ1) is 10.3. The van der Waals surface area contributed by atoms with Crippen LogP contribution in [0.4, 0.5) is 0 Å². The molecule has 0 unspecified atom stereocenters. The minimum absolute atomic E-state index is 0.189. The monoisotopic (exact) mass is 299 g/mol. The summed E-state index contributed by atoms with van der Waals surface area (Å²) in [5, 5.41) is 5.78. The van der Waals surface area contributed by atoms with E-state index in [1.807, 2.05) is 35.7 Å². The number of thiophene rings is 1. The molecule has 5 heteroatoms. The lowest BCUT2D eigenvalue weighted by Gasteiger charge is -1.99. The van der Waals surface area contributed by atoms with Crippen molar-refractivity contribution in [3.05, 3.63) is 53.5 Å². The zero-order valence-corrected chi connectivity index (χ0v) is 12.2. The van der Waals surface area contributed by atoms with Gasteiger partial charge in [-0.25, -0.2) is 4.79 Å². The van der Waals surface area contributed by atoms with Gasteiger partial charge < -0.3 is 9.26 Å². The lowest BCUT2D eigenvalue weighted by atomic mass is 10.1. The van der Waals surface area contributed by atoms with Gasteiger partial charge in [0, 0.05) is 16.5 Å². The van der Waals surface area contributed by atoms with Crippen molar-refractivity contribution in [1.29, 1.82) is 0 Å². The highest BCUT2D eigenvalue weighted by Gasteiger charge is 2.14. The molecule has 106 valence electrons. The van der Waals surface area contributed by atoms with E-state index in [-0.39, 0.29) is 5.69 Å².